The van der Waals surface area contributed by atoms with Gasteiger partial charge in [-0.3, -0.25) is 0 Å². The molecule has 2 heterocycles. The molecule has 1 aromatic rings. The molecule has 5 nitrogen and oxygen atoms in total. The SMILES string of the molecule is CCOC(=O)C1CCC(O)C2=C(N1)N(C)c1ccccc1C2.Cl. The van der Waals surface area contributed by atoms with Gasteiger partial charge in [0.25, 0.3) is 0 Å². The number of carbonyl (C=O) groups is 1. The van der Waals surface area contributed by atoms with E-state index in [1.807, 2.05) is 24.1 Å². The number of halogens is 1. The topological polar surface area (TPSA) is 61.8 Å². The van der Waals surface area contributed by atoms with Crippen LogP contribution in [0.2, 0.25) is 0 Å². The first-order valence-corrected chi connectivity index (χ1v) is 7.77. The van der Waals surface area contributed by atoms with E-state index >= 15 is 0 Å². The zero-order valence-electron chi connectivity index (χ0n) is 13.4. The second kappa shape index (κ2) is 7.23. The number of hydrogen-bond acceptors (Lipinski definition) is 5. The number of rotatable bonds is 2. The lowest BCUT2D eigenvalue weighted by atomic mass is 9.93. The standard InChI is InChI=1S/C17H22N2O3.ClH/c1-3-22-17(21)13-8-9-15(20)12-10-11-6-4-5-7-14(11)19(2)16(12)18-13;/h4-7,13,15,18,20H,3,8-10H2,1-2H3;1H. The minimum atomic E-state index is -0.530. The molecule has 0 aliphatic carbocycles. The summed E-state index contributed by atoms with van der Waals surface area (Å²) in [4.78, 5) is 14.1. The number of hydrogen-bond donors (Lipinski definition) is 2. The van der Waals surface area contributed by atoms with Crippen LogP contribution in [0.1, 0.15) is 25.3 Å². The van der Waals surface area contributed by atoms with Crippen molar-refractivity contribution in [1.29, 1.82) is 0 Å². The quantitative estimate of drug-likeness (QED) is 0.807. The molecule has 0 saturated heterocycles. The fourth-order valence-electron chi connectivity index (χ4n) is 3.23. The fourth-order valence-corrected chi connectivity index (χ4v) is 3.23. The molecular formula is C17H23ClN2O3. The lowest BCUT2D eigenvalue weighted by Gasteiger charge is -2.34. The Bertz CT molecular complexity index is 618. The van der Waals surface area contributed by atoms with Crippen LogP contribution >= 0.6 is 12.4 Å². The van der Waals surface area contributed by atoms with Crippen molar-refractivity contribution < 1.29 is 14.6 Å². The van der Waals surface area contributed by atoms with Gasteiger partial charge < -0.3 is 20.1 Å². The van der Waals surface area contributed by atoms with Gasteiger partial charge in [0.2, 0.25) is 0 Å². The molecule has 2 atom stereocenters. The largest absolute Gasteiger partial charge is 0.464 e. The maximum absolute atomic E-state index is 12.1. The van der Waals surface area contributed by atoms with Crippen LogP contribution in [0.5, 0.6) is 0 Å². The van der Waals surface area contributed by atoms with Crippen LogP contribution in [0.4, 0.5) is 5.69 Å². The molecule has 3 rings (SSSR count). The van der Waals surface area contributed by atoms with Crippen LogP contribution in [-0.2, 0) is 16.0 Å². The molecule has 1 aromatic carbocycles. The summed E-state index contributed by atoms with van der Waals surface area (Å²) in [6.45, 7) is 2.17. The number of ether oxygens (including phenoxy) is 1. The van der Waals surface area contributed by atoms with E-state index < -0.39 is 12.1 Å². The first-order valence-electron chi connectivity index (χ1n) is 7.77. The highest BCUT2D eigenvalue weighted by atomic mass is 35.5. The van der Waals surface area contributed by atoms with Gasteiger partial charge in [-0.25, -0.2) is 4.79 Å². The van der Waals surface area contributed by atoms with Gasteiger partial charge in [0.15, 0.2) is 0 Å². The molecule has 2 unspecified atom stereocenters. The summed E-state index contributed by atoms with van der Waals surface area (Å²) in [5, 5.41) is 13.8. The van der Waals surface area contributed by atoms with Crippen LogP contribution in [-0.4, -0.2) is 36.9 Å². The highest BCUT2D eigenvalue weighted by Gasteiger charge is 2.33. The molecule has 126 valence electrons. The van der Waals surface area contributed by atoms with Crippen LogP contribution in [0.25, 0.3) is 0 Å². The number of para-hydroxylation sites is 1. The van der Waals surface area contributed by atoms with Crippen molar-refractivity contribution in [2.24, 2.45) is 0 Å². The summed E-state index contributed by atoms with van der Waals surface area (Å²) >= 11 is 0. The van der Waals surface area contributed by atoms with Gasteiger partial charge in [0.1, 0.15) is 11.9 Å². The Hall–Kier alpha value is -1.72. The van der Waals surface area contributed by atoms with E-state index in [-0.39, 0.29) is 18.4 Å². The Morgan fingerprint density at radius 1 is 1.39 bits per heavy atom. The Balaban J connectivity index is 0.00000192. The highest BCUT2D eigenvalue weighted by molar-refractivity contribution is 5.85. The number of aliphatic hydroxyl groups excluding tert-OH is 1. The Morgan fingerprint density at radius 3 is 2.87 bits per heavy atom. The molecule has 2 aliphatic heterocycles. The van der Waals surface area contributed by atoms with Crippen molar-refractivity contribution in [3.63, 3.8) is 0 Å². The molecule has 2 N–H and O–H groups in total. The van der Waals surface area contributed by atoms with E-state index in [1.165, 1.54) is 5.56 Å². The lowest BCUT2D eigenvalue weighted by molar-refractivity contribution is -0.145. The predicted octanol–water partition coefficient (Wildman–Crippen LogP) is 1.99. The van der Waals surface area contributed by atoms with Gasteiger partial charge in [0.05, 0.1) is 12.7 Å². The van der Waals surface area contributed by atoms with Gasteiger partial charge in [0, 0.05) is 24.7 Å². The average Bonchev–Trinajstić information content (AvgIpc) is 2.68. The van der Waals surface area contributed by atoms with E-state index in [1.54, 1.807) is 6.92 Å². The van der Waals surface area contributed by atoms with Crippen molar-refractivity contribution in [1.82, 2.24) is 5.32 Å². The second-order valence-corrected chi connectivity index (χ2v) is 5.78. The molecule has 0 aromatic heterocycles. The highest BCUT2D eigenvalue weighted by Crippen LogP contribution is 2.35. The summed E-state index contributed by atoms with van der Waals surface area (Å²) in [5.41, 5.74) is 3.25. The maximum Gasteiger partial charge on any atom is 0.328 e. The van der Waals surface area contributed by atoms with E-state index in [2.05, 4.69) is 17.4 Å². The summed E-state index contributed by atoms with van der Waals surface area (Å²) < 4.78 is 5.13. The lowest BCUT2D eigenvalue weighted by Crippen LogP contribution is -2.43. The number of aliphatic hydroxyl groups is 1. The van der Waals surface area contributed by atoms with E-state index in [0.29, 0.717) is 25.9 Å². The third-order valence-corrected chi connectivity index (χ3v) is 4.39. The van der Waals surface area contributed by atoms with E-state index in [9.17, 15) is 9.90 Å². The number of esters is 1. The van der Waals surface area contributed by atoms with E-state index in [4.69, 9.17) is 4.74 Å². The minimum Gasteiger partial charge on any atom is -0.464 e. The third-order valence-electron chi connectivity index (χ3n) is 4.39. The normalized spacial score (nSPS) is 23.0. The molecule has 6 heteroatoms. The molecule has 0 bridgehead atoms. The van der Waals surface area contributed by atoms with Gasteiger partial charge in [-0.05, 0) is 31.4 Å². The molecular weight excluding hydrogens is 316 g/mol. The summed E-state index contributed by atoms with van der Waals surface area (Å²) in [6.07, 6.45) is 1.31. The monoisotopic (exact) mass is 338 g/mol. The molecule has 0 spiro atoms. The Kier molecular flexibility index (Phi) is 5.55. The number of carbonyl (C=O) groups excluding carboxylic acids is 1. The predicted molar refractivity (Wildman–Crippen MR) is 91.6 cm³/mol. The van der Waals surface area contributed by atoms with Gasteiger partial charge in [-0.15, -0.1) is 12.4 Å². The summed E-state index contributed by atoms with van der Waals surface area (Å²) in [5.74, 6) is 0.581. The van der Waals surface area contributed by atoms with Crippen LogP contribution in [0.15, 0.2) is 35.7 Å². The smallest absolute Gasteiger partial charge is 0.328 e. The second-order valence-electron chi connectivity index (χ2n) is 5.78. The molecule has 0 radical (unpaired) electrons. The number of fused-ring (bicyclic) bond motifs is 1. The molecule has 0 saturated carbocycles. The zero-order valence-corrected chi connectivity index (χ0v) is 14.2. The van der Waals surface area contributed by atoms with Gasteiger partial charge in [-0.2, -0.15) is 0 Å². The first kappa shape index (κ1) is 17.6. The van der Waals surface area contributed by atoms with Crippen LogP contribution < -0.4 is 10.2 Å². The van der Waals surface area contributed by atoms with Gasteiger partial charge >= 0.3 is 5.97 Å². The van der Waals surface area contributed by atoms with Gasteiger partial charge in [-0.1, -0.05) is 18.2 Å². The summed E-state index contributed by atoms with van der Waals surface area (Å²) in [6, 6.07) is 7.73. The van der Waals surface area contributed by atoms with Crippen molar-refractivity contribution in [2.75, 3.05) is 18.6 Å². The molecule has 0 fully saturated rings. The van der Waals surface area contributed by atoms with Crippen LogP contribution in [0.3, 0.4) is 0 Å². The Morgan fingerprint density at radius 2 is 2.13 bits per heavy atom. The number of benzene rings is 1. The first-order chi connectivity index (χ1) is 10.6. The van der Waals surface area contributed by atoms with Crippen LogP contribution in [0, 0.1) is 0 Å². The van der Waals surface area contributed by atoms with Crippen molar-refractivity contribution in [3.8, 4) is 0 Å². The molecule has 0 amide bonds. The van der Waals surface area contributed by atoms with Crippen molar-refractivity contribution in [2.45, 2.75) is 38.3 Å². The third kappa shape index (κ3) is 3.31. The van der Waals surface area contributed by atoms with Crippen molar-refractivity contribution >= 4 is 24.1 Å². The average molecular weight is 339 g/mol. The number of nitrogens with one attached hydrogen (secondary N) is 1. The number of anilines is 1. The number of nitrogens with zero attached hydrogens (tertiary/aromatic N) is 1. The minimum absolute atomic E-state index is 0. The fraction of sp³-hybridized carbons (Fsp3) is 0.471. The van der Waals surface area contributed by atoms with E-state index in [0.717, 1.165) is 17.1 Å². The Labute approximate surface area is 142 Å². The zero-order chi connectivity index (χ0) is 15.7. The van der Waals surface area contributed by atoms with Crippen molar-refractivity contribution in [3.05, 3.63) is 41.2 Å². The summed E-state index contributed by atoms with van der Waals surface area (Å²) in [7, 11) is 1.96. The maximum atomic E-state index is 12.1. The molecule has 23 heavy (non-hydrogen) atoms. The molecule has 2 aliphatic rings.